The Labute approximate surface area is 127 Å². The summed E-state index contributed by atoms with van der Waals surface area (Å²) in [6, 6.07) is 11.8. The molecule has 106 valence electrons. The maximum Gasteiger partial charge on any atom is 0.141 e. The second-order valence-corrected chi connectivity index (χ2v) is 6.11. The fourth-order valence-corrected chi connectivity index (χ4v) is 3.02. The summed E-state index contributed by atoms with van der Waals surface area (Å²) >= 11 is 6.15. The molecule has 2 aromatic carbocycles. The van der Waals surface area contributed by atoms with Crippen LogP contribution in [0.15, 0.2) is 36.4 Å². The van der Waals surface area contributed by atoms with Crippen molar-refractivity contribution in [3.8, 4) is 17.1 Å². The first-order chi connectivity index (χ1) is 10.1. The van der Waals surface area contributed by atoms with E-state index in [4.69, 9.17) is 16.6 Å². The van der Waals surface area contributed by atoms with E-state index in [1.54, 1.807) is 12.1 Å². The second kappa shape index (κ2) is 4.50. The molecule has 1 saturated carbocycles. The number of aromatic nitrogens is 2. The molecule has 0 unspecified atom stereocenters. The van der Waals surface area contributed by atoms with E-state index in [-0.39, 0.29) is 5.75 Å². The fourth-order valence-electron chi connectivity index (χ4n) is 2.86. The highest BCUT2D eigenvalue weighted by atomic mass is 35.5. The van der Waals surface area contributed by atoms with Gasteiger partial charge < -0.3 is 9.67 Å². The zero-order valence-electron chi connectivity index (χ0n) is 11.7. The summed E-state index contributed by atoms with van der Waals surface area (Å²) in [5.74, 6) is 1.25. The third kappa shape index (κ3) is 2.09. The number of fused-ring (bicyclic) bond motifs is 1. The molecule has 1 aromatic heterocycles. The Morgan fingerprint density at radius 1 is 1.19 bits per heavy atom. The maximum atomic E-state index is 9.61. The number of hydrogen-bond acceptors (Lipinski definition) is 2. The van der Waals surface area contributed by atoms with Crippen molar-refractivity contribution in [1.82, 2.24) is 9.55 Å². The van der Waals surface area contributed by atoms with Crippen LogP contribution >= 0.6 is 11.6 Å². The van der Waals surface area contributed by atoms with E-state index in [0.717, 1.165) is 33.0 Å². The van der Waals surface area contributed by atoms with E-state index in [1.165, 1.54) is 12.8 Å². The number of rotatable bonds is 2. The van der Waals surface area contributed by atoms with Crippen molar-refractivity contribution in [2.45, 2.75) is 25.8 Å². The minimum absolute atomic E-state index is 0.286. The molecule has 1 aliphatic rings. The van der Waals surface area contributed by atoms with E-state index in [9.17, 15) is 5.11 Å². The molecule has 0 radical (unpaired) electrons. The normalized spacial score (nSPS) is 14.8. The predicted octanol–water partition coefficient (Wildman–Crippen LogP) is 4.71. The Bertz CT molecular complexity index is 849. The van der Waals surface area contributed by atoms with Crippen molar-refractivity contribution in [3.05, 3.63) is 47.0 Å². The molecule has 0 atom stereocenters. The largest absolute Gasteiger partial charge is 0.508 e. The Hall–Kier alpha value is -2.00. The smallest absolute Gasteiger partial charge is 0.141 e. The third-order valence-corrected chi connectivity index (χ3v) is 4.25. The van der Waals surface area contributed by atoms with Gasteiger partial charge in [0, 0.05) is 16.6 Å². The van der Waals surface area contributed by atoms with Crippen LogP contribution in [-0.2, 0) is 0 Å². The lowest BCUT2D eigenvalue weighted by molar-refractivity contribution is 0.475. The van der Waals surface area contributed by atoms with Crippen LogP contribution in [-0.4, -0.2) is 14.7 Å². The molecule has 0 amide bonds. The van der Waals surface area contributed by atoms with Gasteiger partial charge in [-0.15, -0.1) is 0 Å². The molecule has 1 aliphatic carbocycles. The van der Waals surface area contributed by atoms with Crippen molar-refractivity contribution in [1.29, 1.82) is 0 Å². The first-order valence-corrected chi connectivity index (χ1v) is 7.49. The fraction of sp³-hybridized carbons (Fsp3) is 0.235. The minimum Gasteiger partial charge on any atom is -0.508 e. The number of hydrogen-bond donors (Lipinski definition) is 1. The first-order valence-electron chi connectivity index (χ1n) is 7.11. The summed E-state index contributed by atoms with van der Waals surface area (Å²) in [6.45, 7) is 2.00. The van der Waals surface area contributed by atoms with Crippen molar-refractivity contribution in [3.63, 3.8) is 0 Å². The number of phenolic OH excluding ortho intramolecular Hbond substituents is 1. The number of nitrogens with zero attached hydrogens (tertiary/aromatic N) is 2. The molecule has 1 heterocycles. The quantitative estimate of drug-likeness (QED) is 0.744. The van der Waals surface area contributed by atoms with Crippen molar-refractivity contribution in [2.75, 3.05) is 0 Å². The second-order valence-electron chi connectivity index (χ2n) is 5.67. The topological polar surface area (TPSA) is 38.1 Å². The zero-order valence-corrected chi connectivity index (χ0v) is 12.4. The van der Waals surface area contributed by atoms with Gasteiger partial charge in [0.15, 0.2) is 0 Å². The summed E-state index contributed by atoms with van der Waals surface area (Å²) in [5, 5.41) is 10.3. The highest BCUT2D eigenvalue weighted by Gasteiger charge is 2.29. The number of imidazole rings is 1. The van der Waals surface area contributed by atoms with Crippen LogP contribution in [0, 0.1) is 6.92 Å². The van der Waals surface area contributed by atoms with Crippen molar-refractivity contribution in [2.24, 2.45) is 0 Å². The van der Waals surface area contributed by atoms with E-state index in [0.29, 0.717) is 6.04 Å². The van der Waals surface area contributed by atoms with Crippen LogP contribution in [0.25, 0.3) is 22.4 Å². The van der Waals surface area contributed by atoms with Crippen molar-refractivity contribution < 1.29 is 5.11 Å². The Morgan fingerprint density at radius 2 is 2.00 bits per heavy atom. The van der Waals surface area contributed by atoms with Gasteiger partial charge >= 0.3 is 0 Å². The average molecular weight is 299 g/mol. The summed E-state index contributed by atoms with van der Waals surface area (Å²) in [5.41, 5.74) is 4.14. The van der Waals surface area contributed by atoms with E-state index in [2.05, 4.69) is 4.57 Å². The molecule has 3 aromatic rings. The molecule has 1 fully saturated rings. The van der Waals surface area contributed by atoms with Crippen LogP contribution in [0.3, 0.4) is 0 Å². The van der Waals surface area contributed by atoms with Crippen LogP contribution in [0.2, 0.25) is 5.02 Å². The number of benzene rings is 2. The summed E-state index contributed by atoms with van der Waals surface area (Å²) in [4.78, 5) is 4.80. The SMILES string of the molecule is Cc1cc(O)ccc1-c1nc2ccc(Cl)cc2n1C1CC1. The highest BCUT2D eigenvalue weighted by molar-refractivity contribution is 6.31. The molecule has 0 bridgehead atoms. The lowest BCUT2D eigenvalue weighted by atomic mass is 10.1. The minimum atomic E-state index is 0.286. The molecular weight excluding hydrogens is 284 g/mol. The molecule has 3 nitrogen and oxygen atoms in total. The molecule has 4 rings (SSSR count). The summed E-state index contributed by atoms with van der Waals surface area (Å²) in [6.07, 6.45) is 2.37. The Morgan fingerprint density at radius 3 is 2.71 bits per heavy atom. The first kappa shape index (κ1) is 12.7. The lowest BCUT2D eigenvalue weighted by Gasteiger charge is -2.10. The monoisotopic (exact) mass is 298 g/mol. The number of halogens is 1. The summed E-state index contributed by atoms with van der Waals surface area (Å²) < 4.78 is 2.29. The predicted molar refractivity (Wildman–Crippen MR) is 84.9 cm³/mol. The molecule has 1 N–H and O–H groups in total. The van der Waals surface area contributed by atoms with Gasteiger partial charge in [0.25, 0.3) is 0 Å². The van der Waals surface area contributed by atoms with Gasteiger partial charge in [0.1, 0.15) is 11.6 Å². The van der Waals surface area contributed by atoms with Gasteiger partial charge in [-0.05, 0) is 61.7 Å². The van der Waals surface area contributed by atoms with Crippen LogP contribution < -0.4 is 0 Å². The van der Waals surface area contributed by atoms with Gasteiger partial charge in [-0.3, -0.25) is 0 Å². The van der Waals surface area contributed by atoms with Crippen LogP contribution in [0.4, 0.5) is 0 Å². The average Bonchev–Trinajstić information content (AvgIpc) is 3.20. The standard InChI is InChI=1S/C17H15ClN2O/c1-10-8-13(21)5-6-14(10)17-19-15-7-2-11(18)9-16(15)20(17)12-3-4-12/h2,5-9,12,21H,3-4H2,1H3. The maximum absolute atomic E-state index is 9.61. The van der Waals surface area contributed by atoms with E-state index in [1.807, 2.05) is 31.2 Å². The van der Waals surface area contributed by atoms with Crippen LogP contribution in [0.1, 0.15) is 24.4 Å². The number of phenols is 1. The highest BCUT2D eigenvalue weighted by Crippen LogP contribution is 2.42. The molecule has 21 heavy (non-hydrogen) atoms. The molecule has 0 saturated heterocycles. The Balaban J connectivity index is 2.01. The zero-order chi connectivity index (χ0) is 14.6. The van der Waals surface area contributed by atoms with Gasteiger partial charge in [-0.2, -0.15) is 0 Å². The van der Waals surface area contributed by atoms with E-state index < -0.39 is 0 Å². The lowest BCUT2D eigenvalue weighted by Crippen LogP contribution is -1.98. The van der Waals surface area contributed by atoms with Gasteiger partial charge in [-0.25, -0.2) is 4.98 Å². The van der Waals surface area contributed by atoms with Gasteiger partial charge in [-0.1, -0.05) is 11.6 Å². The third-order valence-electron chi connectivity index (χ3n) is 4.01. The molecule has 0 spiro atoms. The number of aromatic hydroxyl groups is 1. The van der Waals surface area contributed by atoms with Crippen LogP contribution in [0.5, 0.6) is 5.75 Å². The molecule has 0 aliphatic heterocycles. The van der Waals surface area contributed by atoms with Gasteiger partial charge in [0.2, 0.25) is 0 Å². The van der Waals surface area contributed by atoms with Gasteiger partial charge in [0.05, 0.1) is 11.0 Å². The van der Waals surface area contributed by atoms with E-state index >= 15 is 0 Å². The summed E-state index contributed by atoms with van der Waals surface area (Å²) in [7, 11) is 0. The number of aryl methyl sites for hydroxylation is 1. The van der Waals surface area contributed by atoms with Crippen molar-refractivity contribution >= 4 is 22.6 Å². The molecule has 4 heteroatoms. The Kier molecular flexibility index (Phi) is 2.73. The molecular formula is C17H15ClN2O.